The molecule has 0 saturated heterocycles. The van der Waals surface area contributed by atoms with Crippen LogP contribution in [0.4, 0.5) is 17.1 Å². The van der Waals surface area contributed by atoms with Crippen LogP contribution in [0.3, 0.4) is 0 Å². The second-order valence-corrected chi connectivity index (χ2v) is 6.38. The van der Waals surface area contributed by atoms with Crippen molar-refractivity contribution in [2.24, 2.45) is 0 Å². The Morgan fingerprint density at radius 1 is 0.913 bits per heavy atom. The predicted molar refractivity (Wildman–Crippen MR) is 96.3 cm³/mol. The topological polar surface area (TPSA) is 72.2 Å². The molecule has 3 aromatic carbocycles. The van der Waals surface area contributed by atoms with Crippen LogP contribution >= 0.6 is 11.3 Å². The highest BCUT2D eigenvalue weighted by atomic mass is 32.1. The average molecular weight is 320 g/mol. The fraction of sp³-hybridized carbons (Fsp3) is 0. The normalized spacial score (nSPS) is 11.1. The molecule has 0 aliphatic heterocycles. The molecule has 4 nitrogen and oxygen atoms in total. The zero-order chi connectivity index (χ0) is 16.0. The van der Waals surface area contributed by atoms with Gasteiger partial charge in [-0.3, -0.25) is 9.59 Å². The van der Waals surface area contributed by atoms with Gasteiger partial charge in [0.25, 0.3) is 10.9 Å². The van der Waals surface area contributed by atoms with Gasteiger partial charge in [-0.25, -0.2) is 0 Å². The summed E-state index contributed by atoms with van der Waals surface area (Å²) >= 11 is 1.71. The van der Waals surface area contributed by atoms with Crippen LogP contribution in [-0.2, 0) is 0 Å². The highest BCUT2D eigenvalue weighted by molar-refractivity contribution is 7.22. The van der Waals surface area contributed by atoms with Gasteiger partial charge >= 0.3 is 0 Å². The maximum atomic E-state index is 11.5. The van der Waals surface area contributed by atoms with Crippen LogP contribution < -0.4 is 21.9 Å². The molecule has 0 atom stereocenters. The molecule has 4 aromatic rings. The number of fused-ring (bicyclic) bond motifs is 1. The Hall–Kier alpha value is -2.92. The lowest BCUT2D eigenvalue weighted by Gasteiger charge is -2.10. The molecule has 23 heavy (non-hydrogen) atoms. The molecular weight excluding hydrogens is 308 g/mol. The van der Waals surface area contributed by atoms with E-state index in [1.165, 1.54) is 10.1 Å². The van der Waals surface area contributed by atoms with E-state index in [0.717, 1.165) is 16.1 Å². The summed E-state index contributed by atoms with van der Waals surface area (Å²) < 4.78 is 1.23. The van der Waals surface area contributed by atoms with Crippen molar-refractivity contribution < 1.29 is 0 Å². The van der Waals surface area contributed by atoms with Crippen molar-refractivity contribution >= 4 is 38.5 Å². The lowest BCUT2D eigenvalue weighted by molar-refractivity contribution is 1.39. The highest BCUT2D eigenvalue weighted by Gasteiger charge is 2.17. The number of nitrogens with one attached hydrogen (secondary N) is 1. The van der Waals surface area contributed by atoms with E-state index >= 15 is 0 Å². The zero-order valence-electron chi connectivity index (χ0n) is 12.0. The van der Waals surface area contributed by atoms with E-state index in [4.69, 9.17) is 5.73 Å². The van der Waals surface area contributed by atoms with E-state index in [-0.39, 0.29) is 11.4 Å². The first kappa shape index (κ1) is 13.7. The van der Waals surface area contributed by atoms with Gasteiger partial charge in [0, 0.05) is 15.3 Å². The van der Waals surface area contributed by atoms with Crippen molar-refractivity contribution in [3.05, 3.63) is 75.0 Å². The van der Waals surface area contributed by atoms with E-state index in [1.54, 1.807) is 11.3 Å². The van der Waals surface area contributed by atoms with Gasteiger partial charge in [0.1, 0.15) is 11.4 Å². The summed E-state index contributed by atoms with van der Waals surface area (Å²) in [6, 6.07) is 18.1. The van der Waals surface area contributed by atoms with Crippen LogP contribution in [0.5, 0.6) is 0 Å². The number of thiophene rings is 1. The van der Waals surface area contributed by atoms with Crippen LogP contribution in [0.25, 0.3) is 20.5 Å². The molecule has 0 aliphatic rings. The summed E-state index contributed by atoms with van der Waals surface area (Å²) in [5.41, 5.74) is 6.35. The molecule has 0 aliphatic carbocycles. The molecule has 0 unspecified atom stereocenters. The van der Waals surface area contributed by atoms with Gasteiger partial charge in [0.05, 0.1) is 0 Å². The second kappa shape index (κ2) is 5.07. The quantitative estimate of drug-likeness (QED) is 0.567. The number of hydrogen-bond donors (Lipinski definition) is 2. The average Bonchev–Trinajstić information content (AvgIpc) is 3.03. The van der Waals surface area contributed by atoms with E-state index in [9.17, 15) is 9.59 Å². The predicted octanol–water partition coefficient (Wildman–Crippen LogP) is 3.49. The number of nitrogen functional groups attached to an aromatic ring is 1. The molecule has 0 bridgehead atoms. The molecule has 3 N–H and O–H groups in total. The van der Waals surface area contributed by atoms with Gasteiger partial charge in [-0.15, -0.1) is 11.3 Å². The van der Waals surface area contributed by atoms with Crippen LogP contribution in [0, 0.1) is 0 Å². The molecule has 1 heterocycles. The van der Waals surface area contributed by atoms with Gasteiger partial charge in [0.2, 0.25) is 0 Å². The first-order valence-electron chi connectivity index (χ1n) is 7.08. The fourth-order valence-electron chi connectivity index (χ4n) is 2.55. The number of anilines is 3. The van der Waals surface area contributed by atoms with Crippen LogP contribution in [0.15, 0.2) is 64.2 Å². The Morgan fingerprint density at radius 2 is 1.74 bits per heavy atom. The molecular formula is C18H12N2O2S. The van der Waals surface area contributed by atoms with Crippen molar-refractivity contribution in [3.63, 3.8) is 0 Å². The van der Waals surface area contributed by atoms with Crippen LogP contribution in [0.2, 0.25) is 0 Å². The molecule has 1 aromatic heterocycles. The summed E-state index contributed by atoms with van der Waals surface area (Å²) in [5.74, 6) is 0. The number of hydrogen-bond acceptors (Lipinski definition) is 5. The van der Waals surface area contributed by atoms with Crippen molar-refractivity contribution in [2.45, 2.75) is 0 Å². The second-order valence-electron chi connectivity index (χ2n) is 5.30. The summed E-state index contributed by atoms with van der Waals surface area (Å²) in [4.78, 5) is 23.8. The van der Waals surface area contributed by atoms with Gasteiger partial charge < -0.3 is 11.1 Å². The molecule has 0 saturated carbocycles. The molecule has 0 radical (unpaired) electrons. The fourth-order valence-corrected chi connectivity index (χ4v) is 3.61. The summed E-state index contributed by atoms with van der Waals surface area (Å²) in [6.45, 7) is 0. The highest BCUT2D eigenvalue weighted by Crippen LogP contribution is 2.34. The molecule has 112 valence electrons. The first-order valence-corrected chi connectivity index (χ1v) is 7.90. The third-order valence-electron chi connectivity index (χ3n) is 3.79. The number of benzene rings is 2. The largest absolute Gasteiger partial charge is 0.394 e. The summed E-state index contributed by atoms with van der Waals surface area (Å²) in [5, 5.41) is 4.15. The van der Waals surface area contributed by atoms with Gasteiger partial charge in [-0.05, 0) is 35.2 Å². The lowest BCUT2D eigenvalue weighted by Crippen LogP contribution is -2.36. The maximum absolute atomic E-state index is 11.5. The van der Waals surface area contributed by atoms with Gasteiger partial charge in [-0.1, -0.05) is 30.3 Å². The zero-order valence-corrected chi connectivity index (χ0v) is 12.8. The number of nitrogens with two attached hydrogens (primary N) is 1. The third kappa shape index (κ3) is 2.22. The lowest BCUT2D eigenvalue weighted by atomic mass is 10.1. The van der Waals surface area contributed by atoms with Crippen molar-refractivity contribution in [3.8, 4) is 10.4 Å². The van der Waals surface area contributed by atoms with Crippen molar-refractivity contribution in [1.82, 2.24) is 0 Å². The van der Waals surface area contributed by atoms with Crippen LogP contribution in [0.1, 0.15) is 0 Å². The first-order chi connectivity index (χ1) is 11.1. The Bertz CT molecular complexity index is 1070. The van der Waals surface area contributed by atoms with Gasteiger partial charge in [-0.2, -0.15) is 0 Å². The standard InChI is InChI=1S/C18H12N2O2S/c19-15-16(18(22)17(15)21)20-12-6-3-5-10(8-12)14-9-11-4-1-2-7-13(11)23-14/h1-9,20H,19H2. The minimum Gasteiger partial charge on any atom is -0.394 e. The van der Waals surface area contributed by atoms with E-state index in [1.807, 2.05) is 36.4 Å². The van der Waals surface area contributed by atoms with Crippen molar-refractivity contribution in [1.29, 1.82) is 0 Å². The van der Waals surface area contributed by atoms with Crippen LogP contribution in [-0.4, -0.2) is 0 Å². The Labute approximate surface area is 135 Å². The molecule has 5 heteroatoms. The minimum atomic E-state index is -0.617. The summed E-state index contributed by atoms with van der Waals surface area (Å²) in [6.07, 6.45) is 0. The van der Waals surface area contributed by atoms with E-state index in [0.29, 0.717) is 0 Å². The van der Waals surface area contributed by atoms with E-state index in [2.05, 4.69) is 23.5 Å². The number of rotatable bonds is 3. The van der Waals surface area contributed by atoms with Gasteiger partial charge in [0.15, 0.2) is 0 Å². The minimum absolute atomic E-state index is 0.00210. The molecule has 0 fully saturated rings. The smallest absolute Gasteiger partial charge is 0.253 e. The Balaban J connectivity index is 1.71. The van der Waals surface area contributed by atoms with E-state index < -0.39 is 10.9 Å². The third-order valence-corrected chi connectivity index (χ3v) is 4.95. The maximum Gasteiger partial charge on any atom is 0.253 e. The monoisotopic (exact) mass is 320 g/mol. The SMILES string of the molecule is Nc1c(Nc2cccc(-c3cc4ccccc4s3)c2)c(=O)c1=O. The summed E-state index contributed by atoms with van der Waals surface area (Å²) in [7, 11) is 0. The molecule has 4 rings (SSSR count). The molecule has 0 amide bonds. The van der Waals surface area contributed by atoms with Crippen molar-refractivity contribution in [2.75, 3.05) is 11.1 Å². The Kier molecular flexibility index (Phi) is 3.02. The Morgan fingerprint density at radius 3 is 2.52 bits per heavy atom. The molecule has 0 spiro atoms.